The molecule has 1 amide bonds. The van der Waals surface area contributed by atoms with Crippen LogP contribution in [0, 0.1) is 5.41 Å². The summed E-state index contributed by atoms with van der Waals surface area (Å²) in [5, 5.41) is 6.62. The molecule has 1 aliphatic rings. The molecule has 2 N–H and O–H groups in total. The first kappa shape index (κ1) is 14.3. The minimum Gasteiger partial charge on any atom is -0.317 e. The Balaban J connectivity index is 2.11. The fourth-order valence-corrected chi connectivity index (χ4v) is 2.87. The van der Waals surface area contributed by atoms with Gasteiger partial charge in [0, 0.05) is 0 Å². The molecule has 0 bridgehead atoms. The highest BCUT2D eigenvalue weighted by Gasteiger charge is 2.38. The summed E-state index contributed by atoms with van der Waals surface area (Å²) in [5.41, 5.74) is -0.260. The molecule has 0 unspecified atom stereocenters. The van der Waals surface area contributed by atoms with E-state index in [9.17, 15) is 4.79 Å². The number of carbonyl (C=O) groups is 1. The van der Waals surface area contributed by atoms with Crippen LogP contribution in [-0.4, -0.2) is 24.0 Å². The SMILES string of the molecule is CCCC1(C(=O)Nc2cccc(Cl)n2)CCNCC1. The van der Waals surface area contributed by atoms with Crippen molar-refractivity contribution in [1.82, 2.24) is 10.3 Å². The fourth-order valence-electron chi connectivity index (χ4n) is 2.70. The van der Waals surface area contributed by atoms with Gasteiger partial charge < -0.3 is 10.6 Å². The Hall–Kier alpha value is -1.13. The number of anilines is 1. The second kappa shape index (κ2) is 6.35. The number of rotatable bonds is 4. The third kappa shape index (κ3) is 3.45. The van der Waals surface area contributed by atoms with Gasteiger partial charge in [0.15, 0.2) is 0 Å². The van der Waals surface area contributed by atoms with E-state index >= 15 is 0 Å². The molecule has 0 aliphatic carbocycles. The molecule has 0 aromatic carbocycles. The molecule has 1 fully saturated rings. The van der Waals surface area contributed by atoms with Crippen LogP contribution >= 0.6 is 11.6 Å². The first-order valence-corrected chi connectivity index (χ1v) is 7.19. The summed E-state index contributed by atoms with van der Waals surface area (Å²) >= 11 is 5.84. The van der Waals surface area contributed by atoms with Gasteiger partial charge in [0.2, 0.25) is 5.91 Å². The number of amides is 1. The molecule has 1 aromatic heterocycles. The van der Waals surface area contributed by atoms with Gasteiger partial charge in [0.1, 0.15) is 11.0 Å². The maximum absolute atomic E-state index is 12.6. The van der Waals surface area contributed by atoms with E-state index in [1.54, 1.807) is 18.2 Å². The largest absolute Gasteiger partial charge is 0.317 e. The van der Waals surface area contributed by atoms with Crippen LogP contribution in [-0.2, 0) is 4.79 Å². The number of hydrogen-bond donors (Lipinski definition) is 2. The number of pyridine rings is 1. The third-order valence-corrected chi connectivity index (χ3v) is 3.94. The van der Waals surface area contributed by atoms with E-state index in [1.165, 1.54) is 0 Å². The van der Waals surface area contributed by atoms with Crippen molar-refractivity contribution in [2.24, 2.45) is 5.41 Å². The normalized spacial score (nSPS) is 18.0. The van der Waals surface area contributed by atoms with E-state index in [2.05, 4.69) is 22.5 Å². The maximum Gasteiger partial charge on any atom is 0.231 e. The van der Waals surface area contributed by atoms with Gasteiger partial charge in [-0.1, -0.05) is 31.0 Å². The van der Waals surface area contributed by atoms with Crippen LogP contribution in [0.4, 0.5) is 5.82 Å². The fraction of sp³-hybridized carbons (Fsp3) is 0.571. The predicted octanol–water partition coefficient (Wildman–Crippen LogP) is 2.84. The Morgan fingerprint density at radius 1 is 1.47 bits per heavy atom. The molecular formula is C14H20ClN3O. The van der Waals surface area contributed by atoms with Crippen LogP contribution in [0.5, 0.6) is 0 Å². The van der Waals surface area contributed by atoms with E-state index in [4.69, 9.17) is 11.6 Å². The number of nitrogens with zero attached hydrogens (tertiary/aromatic N) is 1. The van der Waals surface area contributed by atoms with Crippen molar-refractivity contribution in [3.63, 3.8) is 0 Å². The van der Waals surface area contributed by atoms with Crippen LogP contribution in [0.3, 0.4) is 0 Å². The quantitative estimate of drug-likeness (QED) is 0.835. The summed E-state index contributed by atoms with van der Waals surface area (Å²) in [6.45, 7) is 3.92. The molecule has 0 atom stereocenters. The van der Waals surface area contributed by atoms with Crippen LogP contribution in [0.1, 0.15) is 32.6 Å². The Bertz CT molecular complexity index is 439. The zero-order valence-corrected chi connectivity index (χ0v) is 12.0. The molecule has 2 heterocycles. The Morgan fingerprint density at radius 3 is 2.84 bits per heavy atom. The van der Waals surface area contributed by atoms with Crippen molar-refractivity contribution < 1.29 is 4.79 Å². The van der Waals surface area contributed by atoms with E-state index < -0.39 is 0 Å². The summed E-state index contributed by atoms with van der Waals surface area (Å²) in [6.07, 6.45) is 3.69. The Morgan fingerprint density at radius 2 is 2.21 bits per heavy atom. The lowest BCUT2D eigenvalue weighted by molar-refractivity contribution is -0.127. The Kier molecular flexibility index (Phi) is 4.77. The molecule has 1 saturated heterocycles. The van der Waals surface area contributed by atoms with Crippen LogP contribution in [0.15, 0.2) is 18.2 Å². The molecule has 1 aliphatic heterocycles. The highest BCUT2D eigenvalue weighted by atomic mass is 35.5. The van der Waals surface area contributed by atoms with Crippen molar-refractivity contribution in [2.75, 3.05) is 18.4 Å². The molecule has 2 rings (SSSR count). The molecule has 0 saturated carbocycles. The zero-order valence-electron chi connectivity index (χ0n) is 11.2. The van der Waals surface area contributed by atoms with E-state index in [-0.39, 0.29) is 11.3 Å². The third-order valence-electron chi connectivity index (χ3n) is 3.73. The minimum atomic E-state index is -0.260. The van der Waals surface area contributed by atoms with Crippen molar-refractivity contribution in [2.45, 2.75) is 32.6 Å². The second-order valence-electron chi connectivity index (χ2n) is 5.08. The predicted molar refractivity (Wildman–Crippen MR) is 77.3 cm³/mol. The van der Waals surface area contributed by atoms with E-state index in [0.717, 1.165) is 38.8 Å². The second-order valence-corrected chi connectivity index (χ2v) is 5.47. The molecule has 19 heavy (non-hydrogen) atoms. The monoisotopic (exact) mass is 281 g/mol. The molecule has 0 spiro atoms. The lowest BCUT2D eigenvalue weighted by Gasteiger charge is -2.36. The van der Waals surface area contributed by atoms with Crippen molar-refractivity contribution in [1.29, 1.82) is 0 Å². The number of aromatic nitrogens is 1. The first-order chi connectivity index (χ1) is 9.16. The van der Waals surface area contributed by atoms with Crippen LogP contribution < -0.4 is 10.6 Å². The lowest BCUT2D eigenvalue weighted by atomic mass is 9.74. The van der Waals surface area contributed by atoms with Gasteiger partial charge >= 0.3 is 0 Å². The number of nitrogens with one attached hydrogen (secondary N) is 2. The molecule has 5 heteroatoms. The number of piperidine rings is 1. The van der Waals surface area contributed by atoms with Crippen molar-refractivity contribution >= 4 is 23.3 Å². The van der Waals surface area contributed by atoms with Gasteiger partial charge in [-0.2, -0.15) is 0 Å². The van der Waals surface area contributed by atoms with Gasteiger partial charge in [-0.15, -0.1) is 0 Å². The van der Waals surface area contributed by atoms with Gasteiger partial charge in [-0.3, -0.25) is 4.79 Å². The van der Waals surface area contributed by atoms with Gasteiger partial charge in [-0.05, 0) is 44.5 Å². The zero-order chi connectivity index (χ0) is 13.7. The lowest BCUT2D eigenvalue weighted by Crippen LogP contribution is -2.45. The summed E-state index contributed by atoms with van der Waals surface area (Å²) in [6, 6.07) is 5.26. The van der Waals surface area contributed by atoms with Gasteiger partial charge in [-0.25, -0.2) is 4.98 Å². The standard InChI is InChI=1S/C14H20ClN3O/c1-2-6-14(7-9-16-10-8-14)13(19)18-12-5-3-4-11(15)17-12/h3-5,16H,2,6-10H2,1H3,(H,17,18,19). The average molecular weight is 282 g/mol. The van der Waals surface area contributed by atoms with E-state index in [1.807, 2.05) is 0 Å². The maximum atomic E-state index is 12.6. The van der Waals surface area contributed by atoms with Crippen molar-refractivity contribution in [3.05, 3.63) is 23.4 Å². The summed E-state index contributed by atoms with van der Waals surface area (Å²) < 4.78 is 0. The Labute approximate surface area is 118 Å². The van der Waals surface area contributed by atoms with Gasteiger partial charge in [0.05, 0.1) is 5.41 Å². The summed E-state index contributed by atoms with van der Waals surface area (Å²) in [7, 11) is 0. The molecule has 0 radical (unpaired) electrons. The topological polar surface area (TPSA) is 54.0 Å². The average Bonchev–Trinajstić information content (AvgIpc) is 2.40. The summed E-state index contributed by atoms with van der Waals surface area (Å²) in [4.78, 5) is 16.7. The van der Waals surface area contributed by atoms with E-state index in [0.29, 0.717) is 11.0 Å². The van der Waals surface area contributed by atoms with Gasteiger partial charge in [0.25, 0.3) is 0 Å². The highest BCUT2D eigenvalue weighted by molar-refractivity contribution is 6.29. The number of carbonyl (C=O) groups excluding carboxylic acids is 1. The van der Waals surface area contributed by atoms with Crippen LogP contribution in [0.2, 0.25) is 5.15 Å². The minimum absolute atomic E-state index is 0.0746. The molecule has 1 aromatic rings. The number of halogens is 1. The smallest absolute Gasteiger partial charge is 0.231 e. The first-order valence-electron chi connectivity index (χ1n) is 6.81. The van der Waals surface area contributed by atoms with Crippen LogP contribution in [0.25, 0.3) is 0 Å². The number of hydrogen-bond acceptors (Lipinski definition) is 3. The summed E-state index contributed by atoms with van der Waals surface area (Å²) in [5.74, 6) is 0.608. The highest BCUT2D eigenvalue weighted by Crippen LogP contribution is 2.35. The van der Waals surface area contributed by atoms with Crippen molar-refractivity contribution in [3.8, 4) is 0 Å². The molecule has 104 valence electrons. The molecule has 4 nitrogen and oxygen atoms in total. The molecular weight excluding hydrogens is 262 g/mol.